The average Bonchev–Trinajstić information content (AvgIpc) is 2.53. The van der Waals surface area contributed by atoms with Gasteiger partial charge in [-0.15, -0.1) is 0 Å². The van der Waals surface area contributed by atoms with E-state index in [0.717, 1.165) is 5.56 Å². The molecule has 0 aliphatic heterocycles. The van der Waals surface area contributed by atoms with E-state index in [2.05, 4.69) is 9.97 Å². The maximum Gasteiger partial charge on any atom is 0.337 e. The van der Waals surface area contributed by atoms with E-state index in [1.54, 1.807) is 24.4 Å². The van der Waals surface area contributed by atoms with Crippen molar-refractivity contribution in [2.75, 3.05) is 21.3 Å². The fourth-order valence-corrected chi connectivity index (χ4v) is 1.73. The number of hydrogen-bond donors (Lipinski definition) is 0. The lowest BCUT2D eigenvalue weighted by atomic mass is 10.1. The monoisotopic (exact) mass is 274 g/mol. The van der Waals surface area contributed by atoms with E-state index in [-0.39, 0.29) is 6.01 Å². The number of benzene rings is 1. The van der Waals surface area contributed by atoms with Crippen molar-refractivity contribution in [2.45, 2.75) is 0 Å². The van der Waals surface area contributed by atoms with E-state index in [4.69, 9.17) is 14.2 Å². The third-order valence-corrected chi connectivity index (χ3v) is 2.70. The molecule has 104 valence electrons. The first kappa shape index (κ1) is 13.8. The maximum absolute atomic E-state index is 11.5. The molecular formula is C14H14N2O4. The summed E-state index contributed by atoms with van der Waals surface area (Å²) in [4.78, 5) is 19.7. The normalized spacial score (nSPS) is 9.95. The largest absolute Gasteiger partial charge is 0.480 e. The first-order valence-corrected chi connectivity index (χ1v) is 5.83. The zero-order valence-corrected chi connectivity index (χ0v) is 11.4. The molecule has 0 bridgehead atoms. The number of aromatic nitrogens is 2. The quantitative estimate of drug-likeness (QED) is 0.794. The van der Waals surface area contributed by atoms with Gasteiger partial charge in [-0.25, -0.2) is 9.78 Å². The number of ether oxygens (including phenoxy) is 3. The Morgan fingerprint density at radius 2 is 1.95 bits per heavy atom. The van der Waals surface area contributed by atoms with Crippen LogP contribution >= 0.6 is 0 Å². The van der Waals surface area contributed by atoms with Crippen molar-refractivity contribution >= 4 is 5.97 Å². The first-order valence-electron chi connectivity index (χ1n) is 5.83. The van der Waals surface area contributed by atoms with Crippen LogP contribution in [0.2, 0.25) is 0 Å². The highest BCUT2D eigenvalue weighted by Crippen LogP contribution is 2.29. The van der Waals surface area contributed by atoms with Crippen LogP contribution in [0.3, 0.4) is 0 Å². The Labute approximate surface area is 116 Å². The van der Waals surface area contributed by atoms with Crippen LogP contribution in [0, 0.1) is 0 Å². The molecule has 0 fully saturated rings. The second kappa shape index (κ2) is 6.01. The highest BCUT2D eigenvalue weighted by atomic mass is 16.5. The van der Waals surface area contributed by atoms with E-state index >= 15 is 0 Å². The first-order chi connectivity index (χ1) is 9.69. The predicted molar refractivity (Wildman–Crippen MR) is 71.9 cm³/mol. The Morgan fingerprint density at radius 3 is 2.60 bits per heavy atom. The van der Waals surface area contributed by atoms with Crippen LogP contribution in [-0.2, 0) is 4.74 Å². The molecule has 0 unspecified atom stereocenters. The minimum atomic E-state index is -0.403. The molecule has 0 saturated carbocycles. The van der Waals surface area contributed by atoms with Crippen molar-refractivity contribution in [1.82, 2.24) is 9.97 Å². The summed E-state index contributed by atoms with van der Waals surface area (Å²) in [5, 5.41) is 0. The summed E-state index contributed by atoms with van der Waals surface area (Å²) < 4.78 is 14.9. The number of rotatable bonds is 4. The smallest absolute Gasteiger partial charge is 0.337 e. The van der Waals surface area contributed by atoms with Crippen LogP contribution < -0.4 is 9.47 Å². The molecule has 0 N–H and O–H groups in total. The van der Waals surface area contributed by atoms with Crippen LogP contribution in [0.1, 0.15) is 10.4 Å². The van der Waals surface area contributed by atoms with E-state index in [1.165, 1.54) is 21.3 Å². The van der Waals surface area contributed by atoms with Crippen LogP contribution in [0.15, 0.2) is 30.5 Å². The fraction of sp³-hybridized carbons (Fsp3) is 0.214. The Balaban J connectivity index is 2.48. The Morgan fingerprint density at radius 1 is 1.15 bits per heavy atom. The molecule has 6 heteroatoms. The average molecular weight is 274 g/mol. The molecule has 0 aliphatic rings. The van der Waals surface area contributed by atoms with Crippen molar-refractivity contribution in [3.8, 4) is 23.0 Å². The van der Waals surface area contributed by atoms with Crippen LogP contribution in [0.25, 0.3) is 11.1 Å². The van der Waals surface area contributed by atoms with Gasteiger partial charge in [-0.1, -0.05) is 12.1 Å². The number of carbonyl (C=O) groups is 1. The number of nitrogens with zero attached hydrogens (tertiary/aromatic N) is 2. The molecule has 0 saturated heterocycles. The fourth-order valence-electron chi connectivity index (χ4n) is 1.73. The molecule has 0 atom stereocenters. The number of esters is 1. The molecular weight excluding hydrogens is 260 g/mol. The van der Waals surface area contributed by atoms with Crippen LogP contribution in [-0.4, -0.2) is 37.3 Å². The van der Waals surface area contributed by atoms with Crippen molar-refractivity contribution in [2.24, 2.45) is 0 Å². The summed E-state index contributed by atoms with van der Waals surface area (Å²) in [6.07, 6.45) is 1.58. The third kappa shape index (κ3) is 2.69. The molecule has 0 radical (unpaired) electrons. The van der Waals surface area contributed by atoms with E-state index < -0.39 is 5.97 Å². The highest BCUT2D eigenvalue weighted by molar-refractivity contribution is 5.91. The predicted octanol–water partition coefficient (Wildman–Crippen LogP) is 1.95. The van der Waals surface area contributed by atoms with Crippen molar-refractivity contribution in [3.63, 3.8) is 0 Å². The van der Waals surface area contributed by atoms with E-state index in [0.29, 0.717) is 17.0 Å². The summed E-state index contributed by atoms with van der Waals surface area (Å²) in [6, 6.07) is 7.17. The van der Waals surface area contributed by atoms with Gasteiger partial charge in [-0.05, 0) is 17.7 Å². The SMILES string of the molecule is COC(=O)c1cccc(-c2cnc(OC)nc2OC)c1. The Bertz CT molecular complexity index is 628. The highest BCUT2D eigenvalue weighted by Gasteiger charge is 2.12. The van der Waals surface area contributed by atoms with Crippen molar-refractivity contribution in [3.05, 3.63) is 36.0 Å². The summed E-state index contributed by atoms with van der Waals surface area (Å²) in [5.41, 5.74) is 1.87. The number of methoxy groups -OCH3 is 3. The van der Waals surface area contributed by atoms with Crippen molar-refractivity contribution < 1.29 is 19.0 Å². The van der Waals surface area contributed by atoms with Gasteiger partial charge in [0.2, 0.25) is 5.88 Å². The molecule has 6 nitrogen and oxygen atoms in total. The molecule has 0 amide bonds. The molecule has 2 rings (SSSR count). The van der Waals surface area contributed by atoms with Crippen LogP contribution in [0.4, 0.5) is 0 Å². The lowest BCUT2D eigenvalue weighted by Gasteiger charge is -2.09. The lowest BCUT2D eigenvalue weighted by molar-refractivity contribution is 0.0601. The second-order valence-corrected chi connectivity index (χ2v) is 3.85. The summed E-state index contributed by atoms with van der Waals surface area (Å²) in [5.74, 6) is -0.0286. The zero-order valence-electron chi connectivity index (χ0n) is 11.4. The van der Waals surface area contributed by atoms with Gasteiger partial charge in [0.25, 0.3) is 0 Å². The number of carbonyl (C=O) groups excluding carboxylic acids is 1. The molecule has 1 heterocycles. The summed E-state index contributed by atoms with van der Waals surface area (Å²) in [6.45, 7) is 0. The minimum Gasteiger partial charge on any atom is -0.480 e. The van der Waals surface area contributed by atoms with Gasteiger partial charge in [0.15, 0.2) is 0 Å². The molecule has 0 aliphatic carbocycles. The summed E-state index contributed by atoms with van der Waals surface area (Å²) in [7, 11) is 4.33. The maximum atomic E-state index is 11.5. The molecule has 0 spiro atoms. The van der Waals surface area contributed by atoms with Crippen LogP contribution in [0.5, 0.6) is 11.9 Å². The van der Waals surface area contributed by atoms with Gasteiger partial charge < -0.3 is 14.2 Å². The van der Waals surface area contributed by atoms with Gasteiger partial charge in [-0.3, -0.25) is 0 Å². The molecule has 1 aromatic carbocycles. The lowest BCUT2D eigenvalue weighted by Crippen LogP contribution is -2.02. The zero-order chi connectivity index (χ0) is 14.5. The standard InChI is InChI=1S/C14H14N2O4/c1-18-12-11(8-15-14(16-12)20-3)9-5-4-6-10(7-9)13(17)19-2/h4-8H,1-3H3. The van der Waals surface area contributed by atoms with Gasteiger partial charge in [0.1, 0.15) is 0 Å². The second-order valence-electron chi connectivity index (χ2n) is 3.85. The molecule has 2 aromatic rings. The van der Waals surface area contributed by atoms with Gasteiger partial charge in [0, 0.05) is 6.20 Å². The molecule has 1 aromatic heterocycles. The van der Waals surface area contributed by atoms with Gasteiger partial charge in [0.05, 0.1) is 32.5 Å². The number of hydrogen-bond acceptors (Lipinski definition) is 6. The Kier molecular flexibility index (Phi) is 4.14. The van der Waals surface area contributed by atoms with Gasteiger partial charge >= 0.3 is 12.0 Å². The van der Waals surface area contributed by atoms with E-state index in [9.17, 15) is 4.79 Å². The van der Waals surface area contributed by atoms with Crippen molar-refractivity contribution in [1.29, 1.82) is 0 Å². The Hall–Kier alpha value is -2.63. The minimum absolute atomic E-state index is 0.217. The third-order valence-electron chi connectivity index (χ3n) is 2.70. The molecule has 20 heavy (non-hydrogen) atoms. The van der Waals surface area contributed by atoms with E-state index in [1.807, 2.05) is 6.07 Å². The topological polar surface area (TPSA) is 70.5 Å². The van der Waals surface area contributed by atoms with Gasteiger partial charge in [-0.2, -0.15) is 4.98 Å². The summed E-state index contributed by atoms with van der Waals surface area (Å²) >= 11 is 0.